The number of carbonyl (C=O) groups excluding carboxylic acids is 2. The van der Waals surface area contributed by atoms with Crippen molar-refractivity contribution in [1.29, 1.82) is 0 Å². The number of rotatable bonds is 14. The monoisotopic (exact) mass is 577 g/mol. The lowest BCUT2D eigenvalue weighted by molar-refractivity contribution is -0.137. The van der Waals surface area contributed by atoms with E-state index in [9.17, 15) is 22.8 Å². The number of halogens is 3. The van der Waals surface area contributed by atoms with Gasteiger partial charge in [-0.05, 0) is 60.9 Å². The molecule has 3 amide bonds. The van der Waals surface area contributed by atoms with Crippen LogP contribution >= 0.6 is 0 Å². The highest BCUT2D eigenvalue weighted by molar-refractivity contribution is 5.92. The summed E-state index contributed by atoms with van der Waals surface area (Å²) < 4.78 is 60.6. The number of nitrogens with zero attached hydrogens (tertiary/aromatic N) is 2. The number of nitrogens with one attached hydrogen (secondary N) is 1. The Kier molecular flexibility index (Phi) is 11.5. The minimum Gasteiger partial charge on any atom is -0.493 e. The number of benzene rings is 2. The van der Waals surface area contributed by atoms with Gasteiger partial charge in [-0.1, -0.05) is 12.1 Å². The molecule has 3 aromatic rings. The van der Waals surface area contributed by atoms with Crippen LogP contribution in [0.5, 0.6) is 11.5 Å². The molecule has 41 heavy (non-hydrogen) atoms. The average Bonchev–Trinajstić information content (AvgIpc) is 3.47. The van der Waals surface area contributed by atoms with Crippen molar-refractivity contribution < 1.29 is 41.4 Å². The number of alkyl halides is 3. The number of hydrogen-bond acceptors (Lipinski definition) is 6. The molecule has 3 rings (SSSR count). The highest BCUT2D eigenvalue weighted by atomic mass is 19.4. The number of urea groups is 1. The SMILES string of the molecule is COCCCN(CC(=O)N(CCc1ccc(OC)c(OC)c1)Cc1ccco1)C(=O)Nc1cccc(C(F)(F)F)c1. The molecule has 222 valence electrons. The number of methoxy groups -OCH3 is 3. The second-order valence-electron chi connectivity index (χ2n) is 9.11. The van der Waals surface area contributed by atoms with Gasteiger partial charge in [-0.2, -0.15) is 13.2 Å². The molecule has 1 aromatic heterocycles. The van der Waals surface area contributed by atoms with Gasteiger partial charge in [0.25, 0.3) is 0 Å². The summed E-state index contributed by atoms with van der Waals surface area (Å²) in [6.45, 7) is 0.642. The molecule has 1 heterocycles. The van der Waals surface area contributed by atoms with E-state index in [1.165, 1.54) is 37.5 Å². The molecule has 0 aliphatic heterocycles. The number of furan rings is 1. The van der Waals surface area contributed by atoms with E-state index in [1.807, 2.05) is 12.1 Å². The smallest absolute Gasteiger partial charge is 0.416 e. The van der Waals surface area contributed by atoms with Crippen LogP contribution in [0.2, 0.25) is 0 Å². The summed E-state index contributed by atoms with van der Waals surface area (Å²) in [4.78, 5) is 29.5. The summed E-state index contributed by atoms with van der Waals surface area (Å²) in [7, 11) is 4.59. The minimum atomic E-state index is -4.56. The van der Waals surface area contributed by atoms with E-state index >= 15 is 0 Å². The fourth-order valence-corrected chi connectivity index (χ4v) is 4.07. The van der Waals surface area contributed by atoms with Gasteiger partial charge >= 0.3 is 12.2 Å². The first-order chi connectivity index (χ1) is 19.6. The molecule has 0 saturated heterocycles. The minimum absolute atomic E-state index is 0.0325. The van der Waals surface area contributed by atoms with Gasteiger partial charge in [-0.3, -0.25) is 4.79 Å². The molecular weight excluding hydrogens is 543 g/mol. The molecule has 2 aromatic carbocycles. The third-order valence-electron chi connectivity index (χ3n) is 6.23. The summed E-state index contributed by atoms with van der Waals surface area (Å²) in [5.41, 5.74) is -0.0221. The highest BCUT2D eigenvalue weighted by Gasteiger charge is 2.31. The molecule has 0 aliphatic rings. The van der Waals surface area contributed by atoms with Crippen LogP contribution in [0.3, 0.4) is 0 Å². The Morgan fingerprint density at radius 3 is 2.37 bits per heavy atom. The molecule has 0 fully saturated rings. The van der Waals surface area contributed by atoms with E-state index in [1.54, 1.807) is 30.2 Å². The maximum absolute atomic E-state index is 13.5. The molecule has 9 nitrogen and oxygen atoms in total. The van der Waals surface area contributed by atoms with E-state index in [4.69, 9.17) is 18.6 Å². The fourth-order valence-electron chi connectivity index (χ4n) is 4.07. The Labute approximate surface area is 236 Å². The van der Waals surface area contributed by atoms with E-state index in [0.29, 0.717) is 43.3 Å². The first-order valence-corrected chi connectivity index (χ1v) is 12.9. The molecule has 0 spiro atoms. The van der Waals surface area contributed by atoms with Crippen LogP contribution in [-0.4, -0.2) is 69.3 Å². The van der Waals surface area contributed by atoms with Crippen LogP contribution in [0.25, 0.3) is 0 Å². The zero-order valence-electron chi connectivity index (χ0n) is 23.2. The summed E-state index contributed by atoms with van der Waals surface area (Å²) >= 11 is 0. The van der Waals surface area contributed by atoms with Gasteiger partial charge in [-0.15, -0.1) is 0 Å². The summed E-state index contributed by atoms with van der Waals surface area (Å²) in [6.07, 6.45) is -2.16. The first-order valence-electron chi connectivity index (χ1n) is 12.9. The van der Waals surface area contributed by atoms with Gasteiger partial charge in [0.2, 0.25) is 5.91 Å². The molecule has 0 atom stereocenters. The van der Waals surface area contributed by atoms with Gasteiger partial charge in [-0.25, -0.2) is 4.79 Å². The van der Waals surface area contributed by atoms with Crippen LogP contribution in [0, 0.1) is 0 Å². The number of ether oxygens (including phenoxy) is 3. The van der Waals surface area contributed by atoms with Crippen molar-refractivity contribution in [3.8, 4) is 11.5 Å². The molecule has 0 bridgehead atoms. The number of hydrogen-bond donors (Lipinski definition) is 1. The van der Waals surface area contributed by atoms with Crippen LogP contribution < -0.4 is 14.8 Å². The van der Waals surface area contributed by atoms with Crippen LogP contribution in [0.4, 0.5) is 23.7 Å². The molecule has 0 saturated carbocycles. The average molecular weight is 578 g/mol. The summed E-state index contributed by atoms with van der Waals surface area (Å²) in [6, 6.07) is 12.6. The van der Waals surface area contributed by atoms with Crippen molar-refractivity contribution in [1.82, 2.24) is 9.80 Å². The summed E-state index contributed by atoms with van der Waals surface area (Å²) in [5.74, 6) is 1.34. The molecule has 12 heteroatoms. The zero-order valence-corrected chi connectivity index (χ0v) is 23.2. The predicted octanol–water partition coefficient (Wildman–Crippen LogP) is 5.46. The van der Waals surface area contributed by atoms with Crippen molar-refractivity contribution in [3.63, 3.8) is 0 Å². The molecule has 0 unspecified atom stereocenters. The number of anilines is 1. The van der Waals surface area contributed by atoms with E-state index < -0.39 is 17.8 Å². The normalized spacial score (nSPS) is 11.2. The van der Waals surface area contributed by atoms with Crippen molar-refractivity contribution in [3.05, 3.63) is 77.7 Å². The van der Waals surface area contributed by atoms with Gasteiger partial charge in [0, 0.05) is 32.5 Å². The third-order valence-corrected chi connectivity index (χ3v) is 6.23. The lowest BCUT2D eigenvalue weighted by Crippen LogP contribution is -2.45. The molecule has 1 N–H and O–H groups in total. The largest absolute Gasteiger partial charge is 0.493 e. The van der Waals surface area contributed by atoms with Crippen LogP contribution in [-0.2, 0) is 28.7 Å². The van der Waals surface area contributed by atoms with E-state index in [0.717, 1.165) is 17.7 Å². The number of carbonyl (C=O) groups is 2. The first kappa shape index (κ1) is 31.3. The standard InChI is InChI=1S/C29H34F3N3O6/c1-38-15-6-13-35(28(37)33-23-8-4-7-22(18-23)29(30,31)32)20-27(36)34(19-24-9-5-16-41-24)14-12-21-10-11-25(39-2)26(17-21)40-3/h4-5,7-11,16-18H,6,12-15,19-20H2,1-3H3,(H,33,37). The Morgan fingerprint density at radius 1 is 0.927 bits per heavy atom. The zero-order chi connectivity index (χ0) is 29.8. The van der Waals surface area contributed by atoms with Crippen molar-refractivity contribution in [2.75, 3.05) is 52.9 Å². The second kappa shape index (κ2) is 15.0. The fraction of sp³-hybridized carbons (Fsp3) is 0.379. The van der Waals surface area contributed by atoms with Gasteiger partial charge < -0.3 is 33.7 Å². The van der Waals surface area contributed by atoms with Crippen LogP contribution in [0.15, 0.2) is 65.3 Å². The highest BCUT2D eigenvalue weighted by Crippen LogP contribution is 2.31. The third kappa shape index (κ3) is 9.45. The van der Waals surface area contributed by atoms with Crippen molar-refractivity contribution in [2.24, 2.45) is 0 Å². The number of amides is 3. The molecule has 0 aliphatic carbocycles. The van der Waals surface area contributed by atoms with Gasteiger partial charge in [0.1, 0.15) is 12.3 Å². The van der Waals surface area contributed by atoms with E-state index in [2.05, 4.69) is 5.32 Å². The molecule has 0 radical (unpaired) electrons. The van der Waals surface area contributed by atoms with Gasteiger partial charge in [0.05, 0.1) is 32.6 Å². The Morgan fingerprint density at radius 2 is 1.71 bits per heavy atom. The Hall–Kier alpha value is -4.19. The predicted molar refractivity (Wildman–Crippen MR) is 146 cm³/mol. The Bertz CT molecular complexity index is 1270. The quantitative estimate of drug-likeness (QED) is 0.256. The topological polar surface area (TPSA) is 93.5 Å². The summed E-state index contributed by atoms with van der Waals surface area (Å²) in [5, 5.41) is 2.48. The maximum Gasteiger partial charge on any atom is 0.416 e. The Balaban J connectivity index is 1.76. The van der Waals surface area contributed by atoms with Crippen LogP contribution in [0.1, 0.15) is 23.3 Å². The second-order valence-corrected chi connectivity index (χ2v) is 9.11. The van der Waals surface area contributed by atoms with Crippen molar-refractivity contribution >= 4 is 17.6 Å². The van der Waals surface area contributed by atoms with Gasteiger partial charge in [0.15, 0.2) is 11.5 Å². The lowest BCUT2D eigenvalue weighted by atomic mass is 10.1. The van der Waals surface area contributed by atoms with Crippen molar-refractivity contribution in [2.45, 2.75) is 25.6 Å². The molecular formula is C29H34F3N3O6. The maximum atomic E-state index is 13.5. The van der Waals surface area contributed by atoms with E-state index in [-0.39, 0.29) is 31.2 Å². The lowest BCUT2D eigenvalue weighted by Gasteiger charge is -2.27.